The number of Topliss-reactive ketones (excluding diaryl/α,β-unsaturated/α-hetero) is 2. The molecule has 1 saturated heterocycles. The van der Waals surface area contributed by atoms with Gasteiger partial charge < -0.3 is 5.32 Å². The van der Waals surface area contributed by atoms with Crippen LogP contribution in [0.3, 0.4) is 0 Å². The average molecular weight is 539 g/mol. The van der Waals surface area contributed by atoms with Crippen LogP contribution in [0.25, 0.3) is 0 Å². The molecule has 192 valence electrons. The molecule has 0 saturated carbocycles. The Kier molecular flexibility index (Phi) is 12.9. The van der Waals surface area contributed by atoms with E-state index in [0.29, 0.717) is 60.7 Å². The van der Waals surface area contributed by atoms with Crippen LogP contribution in [0.1, 0.15) is 82.9 Å². The maximum atomic E-state index is 12.9. The number of ketones is 2. The molecule has 1 atom stereocenters. The summed E-state index contributed by atoms with van der Waals surface area (Å²) >= 11 is 9.64. The number of unbranched alkanes of at least 4 members (excludes halogenated alkanes) is 1. The summed E-state index contributed by atoms with van der Waals surface area (Å²) in [5.74, 6) is 0.686. The molecular formula is C25H34N2O5S3. The van der Waals surface area contributed by atoms with Crippen LogP contribution in [0.4, 0.5) is 0 Å². The van der Waals surface area contributed by atoms with Crippen molar-refractivity contribution in [2.45, 2.75) is 57.1 Å². The SMILES string of the molecule is CCCCN1C(=O)CC(SCCCC(=O)c2cc(C(=O)CCCS)cc(C(=O)NCCS)c2)C1=O. The molecule has 1 aromatic carbocycles. The molecule has 0 aromatic heterocycles. The number of rotatable bonds is 16. The van der Waals surface area contributed by atoms with E-state index in [4.69, 9.17) is 0 Å². The molecule has 1 aromatic rings. The van der Waals surface area contributed by atoms with Gasteiger partial charge in [0.05, 0.1) is 5.25 Å². The van der Waals surface area contributed by atoms with Gasteiger partial charge in [0.25, 0.3) is 5.91 Å². The summed E-state index contributed by atoms with van der Waals surface area (Å²) < 4.78 is 0. The Morgan fingerprint density at radius 1 is 0.971 bits per heavy atom. The third-order valence-corrected chi connectivity index (χ3v) is 7.44. The second-order valence-electron chi connectivity index (χ2n) is 8.36. The van der Waals surface area contributed by atoms with Gasteiger partial charge in [0.15, 0.2) is 11.6 Å². The van der Waals surface area contributed by atoms with Crippen molar-refractivity contribution < 1.29 is 24.0 Å². The number of carbonyl (C=O) groups is 5. The Morgan fingerprint density at radius 2 is 1.60 bits per heavy atom. The first-order valence-corrected chi connectivity index (χ1v) is 14.3. The number of carbonyl (C=O) groups excluding carboxylic acids is 5. The minimum absolute atomic E-state index is 0.125. The van der Waals surface area contributed by atoms with Gasteiger partial charge in [-0.3, -0.25) is 28.9 Å². The van der Waals surface area contributed by atoms with Crippen molar-refractivity contribution in [1.82, 2.24) is 10.2 Å². The summed E-state index contributed by atoms with van der Waals surface area (Å²) in [7, 11) is 0. The van der Waals surface area contributed by atoms with Gasteiger partial charge in [-0.1, -0.05) is 13.3 Å². The van der Waals surface area contributed by atoms with Crippen molar-refractivity contribution in [3.05, 3.63) is 34.9 Å². The van der Waals surface area contributed by atoms with Crippen molar-refractivity contribution in [1.29, 1.82) is 0 Å². The van der Waals surface area contributed by atoms with Crippen molar-refractivity contribution in [3.8, 4) is 0 Å². The highest BCUT2D eigenvalue weighted by atomic mass is 32.2. The number of hydrogen-bond acceptors (Lipinski definition) is 8. The zero-order valence-corrected chi connectivity index (χ0v) is 22.7. The first kappa shape index (κ1) is 29.5. The zero-order valence-electron chi connectivity index (χ0n) is 20.1. The molecule has 0 radical (unpaired) electrons. The molecule has 1 aliphatic heterocycles. The van der Waals surface area contributed by atoms with Gasteiger partial charge in [0.1, 0.15) is 0 Å². The molecule has 10 heteroatoms. The Bertz CT molecular complexity index is 899. The number of imide groups is 1. The van der Waals surface area contributed by atoms with E-state index in [9.17, 15) is 24.0 Å². The molecule has 7 nitrogen and oxygen atoms in total. The molecule has 1 heterocycles. The van der Waals surface area contributed by atoms with E-state index < -0.39 is 0 Å². The van der Waals surface area contributed by atoms with Gasteiger partial charge in [0, 0.05) is 54.8 Å². The van der Waals surface area contributed by atoms with E-state index in [2.05, 4.69) is 30.6 Å². The Hall–Kier alpha value is -1.78. The van der Waals surface area contributed by atoms with Gasteiger partial charge in [-0.15, -0.1) is 11.8 Å². The third-order valence-electron chi connectivity index (χ3n) is 5.60. The van der Waals surface area contributed by atoms with Crippen molar-refractivity contribution in [2.24, 2.45) is 0 Å². The van der Waals surface area contributed by atoms with Crippen LogP contribution >= 0.6 is 37.0 Å². The van der Waals surface area contributed by atoms with Crippen molar-refractivity contribution >= 4 is 66.3 Å². The zero-order chi connectivity index (χ0) is 25.8. The molecule has 1 aliphatic rings. The Labute approximate surface area is 222 Å². The predicted molar refractivity (Wildman–Crippen MR) is 146 cm³/mol. The largest absolute Gasteiger partial charge is 0.351 e. The standard InChI is InChI=1S/C25H34N2O5S3/c1-2-3-9-27-23(30)16-22(25(27)32)35-12-5-7-21(29)18-13-17(20(28)6-4-10-33)14-19(15-18)24(31)26-8-11-34/h13-15,22,33-34H,2-12,16H2,1H3,(H,26,31). The summed E-state index contributed by atoms with van der Waals surface area (Å²) in [6, 6.07) is 4.59. The number of nitrogens with one attached hydrogen (secondary N) is 1. The van der Waals surface area contributed by atoms with Crippen LogP contribution in [-0.2, 0) is 9.59 Å². The fraction of sp³-hybridized carbons (Fsp3) is 0.560. The second-order valence-corrected chi connectivity index (χ2v) is 10.6. The van der Waals surface area contributed by atoms with Crippen molar-refractivity contribution in [3.63, 3.8) is 0 Å². The van der Waals surface area contributed by atoms with E-state index >= 15 is 0 Å². The first-order valence-electron chi connectivity index (χ1n) is 12.0. The van der Waals surface area contributed by atoms with Crippen LogP contribution in [-0.4, -0.2) is 69.8 Å². The predicted octanol–water partition coefficient (Wildman–Crippen LogP) is 3.86. The lowest BCUT2D eigenvalue weighted by Gasteiger charge is -2.14. The molecule has 35 heavy (non-hydrogen) atoms. The average Bonchev–Trinajstić information content (AvgIpc) is 3.13. The molecule has 0 spiro atoms. The molecule has 2 rings (SSSR count). The summed E-state index contributed by atoms with van der Waals surface area (Å²) in [5.41, 5.74) is 0.925. The van der Waals surface area contributed by atoms with Gasteiger partial charge in [-0.2, -0.15) is 25.3 Å². The van der Waals surface area contributed by atoms with E-state index in [-0.39, 0.29) is 52.9 Å². The summed E-state index contributed by atoms with van der Waals surface area (Å²) in [4.78, 5) is 63.9. The number of nitrogens with zero attached hydrogens (tertiary/aromatic N) is 1. The lowest BCUT2D eigenvalue weighted by Crippen LogP contribution is -2.32. The minimum atomic E-state index is -0.385. The molecule has 0 aliphatic carbocycles. The number of likely N-dealkylation sites (tertiary alicyclic amines) is 1. The normalized spacial score (nSPS) is 15.5. The van der Waals surface area contributed by atoms with Crippen LogP contribution < -0.4 is 5.32 Å². The van der Waals surface area contributed by atoms with Gasteiger partial charge >= 0.3 is 0 Å². The van der Waals surface area contributed by atoms with Crippen molar-refractivity contribution in [2.75, 3.05) is 30.3 Å². The van der Waals surface area contributed by atoms with Crippen LogP contribution in [0.5, 0.6) is 0 Å². The van der Waals surface area contributed by atoms with E-state index in [0.717, 1.165) is 12.8 Å². The molecule has 3 amide bonds. The Morgan fingerprint density at radius 3 is 2.20 bits per heavy atom. The smallest absolute Gasteiger partial charge is 0.251 e. The van der Waals surface area contributed by atoms with Gasteiger partial charge in [-0.05, 0) is 49.0 Å². The summed E-state index contributed by atoms with van der Waals surface area (Å²) in [6.07, 6.45) is 3.56. The maximum absolute atomic E-state index is 12.9. The molecule has 1 N–H and O–H groups in total. The Balaban J connectivity index is 1.99. The highest BCUT2D eigenvalue weighted by molar-refractivity contribution is 8.00. The second kappa shape index (κ2) is 15.4. The quantitative estimate of drug-likeness (QED) is 0.128. The third kappa shape index (κ3) is 8.99. The van der Waals surface area contributed by atoms with E-state index in [1.165, 1.54) is 28.8 Å². The topological polar surface area (TPSA) is 101 Å². The van der Waals surface area contributed by atoms with E-state index in [1.807, 2.05) is 6.92 Å². The van der Waals surface area contributed by atoms with Gasteiger partial charge in [0.2, 0.25) is 11.8 Å². The number of benzene rings is 1. The van der Waals surface area contributed by atoms with Crippen LogP contribution in [0.2, 0.25) is 0 Å². The van der Waals surface area contributed by atoms with E-state index in [1.54, 1.807) is 6.07 Å². The first-order chi connectivity index (χ1) is 16.8. The highest BCUT2D eigenvalue weighted by Crippen LogP contribution is 2.26. The fourth-order valence-electron chi connectivity index (χ4n) is 3.67. The summed E-state index contributed by atoms with van der Waals surface area (Å²) in [5, 5.41) is 2.33. The molecule has 1 unspecified atom stereocenters. The molecular weight excluding hydrogens is 504 g/mol. The number of amides is 3. The number of hydrogen-bond donors (Lipinski definition) is 3. The lowest BCUT2D eigenvalue weighted by molar-refractivity contribution is -0.138. The maximum Gasteiger partial charge on any atom is 0.251 e. The van der Waals surface area contributed by atoms with Gasteiger partial charge in [-0.25, -0.2) is 0 Å². The number of thiol groups is 2. The fourth-order valence-corrected chi connectivity index (χ4v) is 5.07. The highest BCUT2D eigenvalue weighted by Gasteiger charge is 2.38. The molecule has 0 bridgehead atoms. The molecule has 1 fully saturated rings. The summed E-state index contributed by atoms with van der Waals surface area (Å²) in [6.45, 7) is 2.86. The van der Waals surface area contributed by atoms with Crippen LogP contribution in [0.15, 0.2) is 18.2 Å². The lowest BCUT2D eigenvalue weighted by atomic mass is 9.97. The van der Waals surface area contributed by atoms with Crippen LogP contribution in [0, 0.1) is 0 Å². The minimum Gasteiger partial charge on any atom is -0.351 e. The number of thioether (sulfide) groups is 1. The monoisotopic (exact) mass is 538 g/mol.